The van der Waals surface area contributed by atoms with E-state index in [0.717, 1.165) is 16.9 Å². The number of nitrogen functional groups attached to an aromatic ring is 1. The summed E-state index contributed by atoms with van der Waals surface area (Å²) < 4.78 is 0. The molecule has 0 aliphatic heterocycles. The summed E-state index contributed by atoms with van der Waals surface area (Å²) in [7, 11) is 0. The minimum Gasteiger partial charge on any atom is -0.398 e. The van der Waals surface area contributed by atoms with Crippen molar-refractivity contribution in [2.45, 2.75) is 13.8 Å². The lowest BCUT2D eigenvalue weighted by Gasteiger charge is -2.23. The van der Waals surface area contributed by atoms with Crippen molar-refractivity contribution in [1.82, 2.24) is 0 Å². The van der Waals surface area contributed by atoms with Crippen LogP contribution in [0.1, 0.15) is 12.5 Å². The van der Waals surface area contributed by atoms with E-state index < -0.39 is 4.92 Å². The van der Waals surface area contributed by atoms with Crippen LogP contribution in [0.3, 0.4) is 0 Å². The number of aryl methyl sites for hydroxylation is 1. The van der Waals surface area contributed by atoms with Crippen LogP contribution < -0.4 is 10.6 Å². The Morgan fingerprint density at radius 3 is 2.55 bits per heavy atom. The first-order valence-corrected chi connectivity index (χ1v) is 6.40. The van der Waals surface area contributed by atoms with Crippen LogP contribution in [0, 0.1) is 17.0 Å². The summed E-state index contributed by atoms with van der Waals surface area (Å²) in [6.45, 7) is 4.71. The molecule has 0 atom stereocenters. The molecule has 0 radical (unpaired) electrons. The second-order valence-electron chi connectivity index (χ2n) is 4.62. The Labute approximate surface area is 117 Å². The van der Waals surface area contributed by atoms with E-state index in [1.54, 1.807) is 12.1 Å². The highest BCUT2D eigenvalue weighted by Crippen LogP contribution is 2.30. The summed E-state index contributed by atoms with van der Waals surface area (Å²) in [6, 6.07) is 12.7. The number of anilines is 3. The zero-order chi connectivity index (χ0) is 14.7. The van der Waals surface area contributed by atoms with Crippen LogP contribution >= 0.6 is 0 Å². The molecule has 0 aromatic heterocycles. The molecule has 0 spiro atoms. The standard InChI is InChI=1S/C15H17N3O2/c1-3-17(13-6-4-5-11(2)7-13)14-8-12(16)9-15(10-14)18(19)20/h4-10H,3,16H2,1-2H3. The number of nitrogens with two attached hydrogens (primary N) is 1. The van der Waals surface area contributed by atoms with Crippen molar-refractivity contribution in [3.05, 3.63) is 58.1 Å². The molecule has 2 aromatic rings. The van der Waals surface area contributed by atoms with Crippen LogP contribution in [0.25, 0.3) is 0 Å². The second-order valence-corrected chi connectivity index (χ2v) is 4.62. The fourth-order valence-corrected chi connectivity index (χ4v) is 2.19. The normalized spacial score (nSPS) is 10.3. The topological polar surface area (TPSA) is 72.4 Å². The zero-order valence-corrected chi connectivity index (χ0v) is 11.5. The number of nitro groups is 1. The van der Waals surface area contributed by atoms with Gasteiger partial charge in [-0.2, -0.15) is 0 Å². The lowest BCUT2D eigenvalue weighted by atomic mass is 10.1. The van der Waals surface area contributed by atoms with E-state index >= 15 is 0 Å². The first-order chi connectivity index (χ1) is 9.51. The molecule has 0 saturated carbocycles. The Morgan fingerprint density at radius 2 is 1.95 bits per heavy atom. The Hall–Kier alpha value is -2.56. The lowest BCUT2D eigenvalue weighted by Crippen LogP contribution is -2.16. The molecule has 2 rings (SSSR count). The molecule has 0 aliphatic rings. The third kappa shape index (κ3) is 2.88. The molecule has 5 heteroatoms. The third-order valence-corrected chi connectivity index (χ3v) is 3.08. The smallest absolute Gasteiger partial charge is 0.273 e. The van der Waals surface area contributed by atoms with Crippen LogP contribution in [0.2, 0.25) is 0 Å². The van der Waals surface area contributed by atoms with Crippen molar-refractivity contribution in [1.29, 1.82) is 0 Å². The predicted molar refractivity (Wildman–Crippen MR) is 81.4 cm³/mol. The quantitative estimate of drug-likeness (QED) is 0.523. The van der Waals surface area contributed by atoms with Crippen molar-refractivity contribution in [3.63, 3.8) is 0 Å². The Kier molecular flexibility index (Phi) is 3.89. The first kappa shape index (κ1) is 13.9. The highest BCUT2D eigenvalue weighted by molar-refractivity contribution is 5.70. The van der Waals surface area contributed by atoms with Crippen LogP contribution in [0.4, 0.5) is 22.7 Å². The maximum Gasteiger partial charge on any atom is 0.273 e. The van der Waals surface area contributed by atoms with Crippen molar-refractivity contribution >= 4 is 22.7 Å². The van der Waals surface area contributed by atoms with Gasteiger partial charge in [-0.25, -0.2) is 0 Å². The number of nitrogens with zero attached hydrogens (tertiary/aromatic N) is 2. The molecule has 0 fully saturated rings. The van der Waals surface area contributed by atoms with Gasteiger partial charge in [0, 0.05) is 35.7 Å². The molecule has 104 valence electrons. The van der Waals surface area contributed by atoms with Gasteiger partial charge < -0.3 is 10.6 Å². The fraction of sp³-hybridized carbons (Fsp3) is 0.200. The summed E-state index contributed by atoms with van der Waals surface area (Å²) in [4.78, 5) is 12.5. The summed E-state index contributed by atoms with van der Waals surface area (Å²) in [5.74, 6) is 0. The van der Waals surface area contributed by atoms with Gasteiger partial charge in [-0.1, -0.05) is 12.1 Å². The van der Waals surface area contributed by atoms with E-state index in [1.807, 2.05) is 43.0 Å². The monoisotopic (exact) mass is 271 g/mol. The molecular formula is C15H17N3O2. The molecule has 0 saturated heterocycles. The Morgan fingerprint density at radius 1 is 1.20 bits per heavy atom. The van der Waals surface area contributed by atoms with Gasteiger partial charge in [0.05, 0.1) is 4.92 Å². The van der Waals surface area contributed by atoms with Crippen LogP contribution in [-0.2, 0) is 0 Å². The van der Waals surface area contributed by atoms with Crippen molar-refractivity contribution in [2.75, 3.05) is 17.2 Å². The molecule has 0 unspecified atom stereocenters. The molecule has 0 heterocycles. The highest BCUT2D eigenvalue weighted by Gasteiger charge is 2.14. The SMILES string of the molecule is CCN(c1cccc(C)c1)c1cc(N)cc([N+](=O)[O-])c1. The molecule has 2 aromatic carbocycles. The summed E-state index contributed by atoms with van der Waals surface area (Å²) in [5, 5.41) is 10.9. The maximum absolute atomic E-state index is 10.9. The maximum atomic E-state index is 10.9. The van der Waals surface area contributed by atoms with Gasteiger partial charge in [-0.05, 0) is 37.6 Å². The van der Waals surface area contributed by atoms with Gasteiger partial charge in [-0.15, -0.1) is 0 Å². The highest BCUT2D eigenvalue weighted by atomic mass is 16.6. The molecule has 0 bridgehead atoms. The van der Waals surface area contributed by atoms with E-state index in [0.29, 0.717) is 12.2 Å². The van der Waals surface area contributed by atoms with E-state index in [4.69, 9.17) is 5.73 Å². The van der Waals surface area contributed by atoms with Crippen molar-refractivity contribution < 1.29 is 4.92 Å². The molecule has 2 N–H and O–H groups in total. The largest absolute Gasteiger partial charge is 0.398 e. The minimum atomic E-state index is -0.427. The number of rotatable bonds is 4. The van der Waals surface area contributed by atoms with E-state index in [1.165, 1.54) is 6.07 Å². The van der Waals surface area contributed by atoms with Gasteiger partial charge in [0.1, 0.15) is 0 Å². The summed E-state index contributed by atoms with van der Waals surface area (Å²) in [6.07, 6.45) is 0. The number of benzene rings is 2. The van der Waals surface area contributed by atoms with Gasteiger partial charge >= 0.3 is 0 Å². The van der Waals surface area contributed by atoms with E-state index in [-0.39, 0.29) is 5.69 Å². The number of nitro benzene ring substituents is 1. The molecule has 0 amide bonds. The van der Waals surface area contributed by atoms with E-state index in [9.17, 15) is 10.1 Å². The summed E-state index contributed by atoms with van der Waals surface area (Å²) in [5.41, 5.74) is 9.02. The van der Waals surface area contributed by atoms with Crippen LogP contribution in [0.5, 0.6) is 0 Å². The van der Waals surface area contributed by atoms with Gasteiger partial charge in [0.25, 0.3) is 5.69 Å². The number of hydrogen-bond donors (Lipinski definition) is 1. The van der Waals surface area contributed by atoms with Gasteiger partial charge in [0.15, 0.2) is 0 Å². The minimum absolute atomic E-state index is 0.00565. The first-order valence-electron chi connectivity index (χ1n) is 6.40. The fourth-order valence-electron chi connectivity index (χ4n) is 2.19. The lowest BCUT2D eigenvalue weighted by molar-refractivity contribution is -0.384. The van der Waals surface area contributed by atoms with Crippen molar-refractivity contribution in [3.8, 4) is 0 Å². The third-order valence-electron chi connectivity index (χ3n) is 3.08. The second kappa shape index (κ2) is 5.61. The van der Waals surface area contributed by atoms with Gasteiger partial charge in [0.2, 0.25) is 0 Å². The van der Waals surface area contributed by atoms with Gasteiger partial charge in [-0.3, -0.25) is 10.1 Å². The van der Waals surface area contributed by atoms with Crippen molar-refractivity contribution in [2.24, 2.45) is 0 Å². The number of non-ortho nitro benzene ring substituents is 1. The predicted octanol–water partition coefficient (Wildman–Crippen LogP) is 3.64. The summed E-state index contributed by atoms with van der Waals surface area (Å²) >= 11 is 0. The van der Waals surface area contributed by atoms with Crippen LogP contribution in [-0.4, -0.2) is 11.5 Å². The van der Waals surface area contributed by atoms with Crippen LogP contribution in [0.15, 0.2) is 42.5 Å². The molecule has 0 aliphatic carbocycles. The number of hydrogen-bond acceptors (Lipinski definition) is 4. The molecular weight excluding hydrogens is 254 g/mol. The molecule has 5 nitrogen and oxygen atoms in total. The average Bonchev–Trinajstić information content (AvgIpc) is 2.39. The zero-order valence-electron chi connectivity index (χ0n) is 11.5. The Bertz CT molecular complexity index is 641. The molecule has 20 heavy (non-hydrogen) atoms. The average molecular weight is 271 g/mol. The Balaban J connectivity index is 2.49. The van der Waals surface area contributed by atoms with E-state index in [2.05, 4.69) is 0 Å².